The molecule has 7 nitrogen and oxygen atoms in total. The zero-order valence-corrected chi connectivity index (χ0v) is 21.5. The molecule has 0 spiro atoms. The number of thiazole rings is 1. The fourth-order valence-electron chi connectivity index (χ4n) is 3.82. The Morgan fingerprint density at radius 3 is 2.30 bits per heavy atom. The van der Waals surface area contributed by atoms with E-state index in [2.05, 4.69) is 20.4 Å². The number of ether oxygens (including phenoxy) is 1. The van der Waals surface area contributed by atoms with E-state index in [4.69, 9.17) is 0 Å². The molecular weight excluding hydrogens is 550 g/mol. The van der Waals surface area contributed by atoms with Crippen molar-refractivity contribution in [3.63, 3.8) is 0 Å². The minimum absolute atomic E-state index is 0. The molecule has 0 aliphatic heterocycles. The Labute approximate surface area is 231 Å². The molecule has 3 N–H and O–H groups in total. The Balaban J connectivity index is 0.00000441. The highest BCUT2D eigenvalue weighted by Crippen LogP contribution is 2.34. The number of aromatic nitrogens is 1. The minimum atomic E-state index is -4.81. The third-order valence-corrected chi connectivity index (χ3v) is 6.53. The van der Waals surface area contributed by atoms with Crippen molar-refractivity contribution in [3.8, 4) is 16.9 Å². The second kappa shape index (κ2) is 12.3. The summed E-state index contributed by atoms with van der Waals surface area (Å²) in [5, 5.41) is 15.0. The van der Waals surface area contributed by atoms with Gasteiger partial charge in [-0.1, -0.05) is 50.8 Å². The van der Waals surface area contributed by atoms with E-state index in [1.165, 1.54) is 36.4 Å². The summed E-state index contributed by atoms with van der Waals surface area (Å²) in [5.74, 6) is -2.51. The Kier molecular flexibility index (Phi) is 9.36. The zero-order valence-electron chi connectivity index (χ0n) is 20.7. The molecule has 12 heteroatoms. The first-order chi connectivity index (χ1) is 18.4. The van der Waals surface area contributed by atoms with Gasteiger partial charge in [-0.25, -0.2) is 14.2 Å². The number of halogens is 4. The van der Waals surface area contributed by atoms with Crippen molar-refractivity contribution in [2.75, 3.05) is 5.32 Å². The number of carboxylic acids is 1. The van der Waals surface area contributed by atoms with Crippen molar-refractivity contribution < 1.29 is 37.0 Å². The molecule has 212 valence electrons. The molecule has 1 atom stereocenters. The number of benzene rings is 3. The van der Waals surface area contributed by atoms with E-state index in [-0.39, 0.29) is 35.5 Å². The predicted octanol–water partition coefficient (Wildman–Crippen LogP) is 7.61. The molecule has 3 aromatic carbocycles. The molecule has 0 radical (unpaired) electrons. The van der Waals surface area contributed by atoms with Crippen LogP contribution in [0.3, 0.4) is 0 Å². The van der Waals surface area contributed by atoms with Gasteiger partial charge in [0.05, 0.1) is 15.9 Å². The van der Waals surface area contributed by atoms with Crippen LogP contribution in [0.4, 0.5) is 28.4 Å². The van der Waals surface area contributed by atoms with Crippen LogP contribution in [0.5, 0.6) is 5.75 Å². The maximum atomic E-state index is 14.9. The maximum absolute atomic E-state index is 14.9. The van der Waals surface area contributed by atoms with Gasteiger partial charge in [0.1, 0.15) is 17.6 Å². The van der Waals surface area contributed by atoms with E-state index in [1.54, 1.807) is 18.2 Å². The Morgan fingerprint density at radius 2 is 1.70 bits per heavy atom. The van der Waals surface area contributed by atoms with Gasteiger partial charge in [0.15, 0.2) is 5.13 Å². The summed E-state index contributed by atoms with van der Waals surface area (Å²) in [5.41, 5.74) is 1.98. The summed E-state index contributed by atoms with van der Waals surface area (Å²) in [6.45, 7) is 3.73. The van der Waals surface area contributed by atoms with Gasteiger partial charge in [-0.05, 0) is 59.9 Å². The molecule has 4 aromatic rings. The highest BCUT2D eigenvalue weighted by atomic mass is 32.1. The van der Waals surface area contributed by atoms with Gasteiger partial charge in [0.25, 0.3) is 5.91 Å². The van der Waals surface area contributed by atoms with Crippen LogP contribution in [0.15, 0.2) is 60.7 Å². The highest BCUT2D eigenvalue weighted by molar-refractivity contribution is 7.22. The number of rotatable bonds is 9. The van der Waals surface area contributed by atoms with E-state index in [0.717, 1.165) is 17.4 Å². The topological polar surface area (TPSA) is 101 Å². The van der Waals surface area contributed by atoms with Gasteiger partial charge in [0.2, 0.25) is 0 Å². The van der Waals surface area contributed by atoms with Gasteiger partial charge in [0, 0.05) is 11.6 Å². The Morgan fingerprint density at radius 1 is 1.02 bits per heavy atom. The van der Waals surface area contributed by atoms with Crippen LogP contribution < -0.4 is 15.4 Å². The number of hydrogen-bond acceptors (Lipinski definition) is 6. The Bertz CT molecular complexity index is 1500. The van der Waals surface area contributed by atoms with Gasteiger partial charge in [-0.3, -0.25) is 4.79 Å². The first kappa shape index (κ1) is 30.4. The van der Waals surface area contributed by atoms with E-state index in [9.17, 15) is 32.3 Å². The quantitative estimate of drug-likeness (QED) is 0.177. The van der Waals surface area contributed by atoms with E-state index < -0.39 is 30.1 Å². The van der Waals surface area contributed by atoms with Gasteiger partial charge in [-0.2, -0.15) is 0 Å². The largest absolute Gasteiger partial charge is 0.573 e. The van der Waals surface area contributed by atoms with E-state index in [0.29, 0.717) is 27.8 Å². The van der Waals surface area contributed by atoms with Crippen LogP contribution >= 0.6 is 11.3 Å². The van der Waals surface area contributed by atoms with Crippen molar-refractivity contribution in [1.29, 1.82) is 0 Å². The second-order valence-electron chi connectivity index (χ2n) is 9.09. The minimum Gasteiger partial charge on any atom is -0.480 e. The summed E-state index contributed by atoms with van der Waals surface area (Å²) in [7, 11) is 0. The predicted molar refractivity (Wildman–Crippen MR) is 146 cm³/mol. The van der Waals surface area contributed by atoms with Gasteiger partial charge < -0.3 is 20.5 Å². The molecule has 1 heterocycles. The molecule has 0 fully saturated rings. The lowest BCUT2D eigenvalue weighted by atomic mass is 10.0. The van der Waals surface area contributed by atoms with Crippen LogP contribution in [0.2, 0.25) is 0 Å². The molecule has 0 saturated carbocycles. The normalized spacial score (nSPS) is 12.1. The van der Waals surface area contributed by atoms with Crippen LogP contribution in [0.1, 0.15) is 38.1 Å². The first-order valence-electron chi connectivity index (χ1n) is 11.7. The van der Waals surface area contributed by atoms with Crippen LogP contribution in [0.25, 0.3) is 21.3 Å². The average molecular weight is 578 g/mol. The first-order valence-corrected chi connectivity index (χ1v) is 12.6. The van der Waals surface area contributed by atoms with E-state index >= 15 is 0 Å². The molecule has 1 aromatic heterocycles. The SMILES string of the molecule is C.CC(C)C[C@H](NC(=O)c1ccc(-c2ccc(Nc3nc4ccc(OC(F)(F)F)cc4s3)c(F)c2)cc1)C(=O)O. The summed E-state index contributed by atoms with van der Waals surface area (Å²) in [6.07, 6.45) is -4.52. The molecule has 0 aliphatic rings. The third-order valence-electron chi connectivity index (χ3n) is 5.60. The number of anilines is 2. The molecule has 0 bridgehead atoms. The molecular formula is C28H27F4N3O4S. The number of nitrogens with zero attached hydrogens (tertiary/aromatic N) is 1. The van der Waals surface area contributed by atoms with Crippen molar-refractivity contribution in [2.45, 2.75) is 40.1 Å². The smallest absolute Gasteiger partial charge is 0.480 e. The van der Waals surface area contributed by atoms with Crippen molar-refractivity contribution in [2.24, 2.45) is 5.92 Å². The lowest BCUT2D eigenvalue weighted by Gasteiger charge is -2.16. The summed E-state index contributed by atoms with van der Waals surface area (Å²) in [6, 6.07) is 13.5. The zero-order chi connectivity index (χ0) is 28.3. The van der Waals surface area contributed by atoms with Crippen LogP contribution in [-0.2, 0) is 4.79 Å². The van der Waals surface area contributed by atoms with E-state index in [1.807, 2.05) is 13.8 Å². The number of fused-ring (bicyclic) bond motifs is 1. The summed E-state index contributed by atoms with van der Waals surface area (Å²) >= 11 is 1.04. The number of carboxylic acid groups (broad SMARTS) is 1. The van der Waals surface area contributed by atoms with Crippen LogP contribution in [0, 0.1) is 11.7 Å². The Hall–Kier alpha value is -4.19. The number of amides is 1. The second-order valence-corrected chi connectivity index (χ2v) is 10.1. The average Bonchev–Trinajstić information content (AvgIpc) is 3.25. The van der Waals surface area contributed by atoms with Gasteiger partial charge >= 0.3 is 12.3 Å². The molecule has 40 heavy (non-hydrogen) atoms. The molecule has 4 rings (SSSR count). The fourth-order valence-corrected chi connectivity index (χ4v) is 4.72. The molecule has 0 unspecified atom stereocenters. The van der Waals surface area contributed by atoms with Crippen LogP contribution in [-0.4, -0.2) is 34.4 Å². The summed E-state index contributed by atoms with van der Waals surface area (Å²) < 4.78 is 56.7. The number of carbonyl (C=O) groups excluding carboxylic acids is 1. The van der Waals surface area contributed by atoms with Crippen molar-refractivity contribution in [1.82, 2.24) is 10.3 Å². The van der Waals surface area contributed by atoms with Crippen molar-refractivity contribution in [3.05, 3.63) is 72.0 Å². The number of aliphatic carboxylic acids is 1. The molecule has 0 aliphatic carbocycles. The molecule has 0 saturated heterocycles. The number of alkyl halides is 3. The van der Waals surface area contributed by atoms with Crippen molar-refractivity contribution >= 4 is 44.2 Å². The lowest BCUT2D eigenvalue weighted by Crippen LogP contribution is -2.41. The van der Waals surface area contributed by atoms with Gasteiger partial charge in [-0.15, -0.1) is 13.2 Å². The fraction of sp³-hybridized carbons (Fsp3) is 0.250. The molecule has 1 amide bonds. The lowest BCUT2D eigenvalue weighted by molar-refractivity contribution is -0.274. The standard InChI is InChI=1S/C27H23F4N3O4S.CH4/c1-14(2)11-22(25(36)37)32-24(35)16-5-3-15(4-6-16)17-7-9-20(19(28)12-17)33-26-34-21-10-8-18(13-23(21)39-26)38-27(29,30)31;/h3-10,12-14,22H,11H2,1-2H3,(H,32,35)(H,33,34)(H,36,37);1H4/t22-;/m0./s1. The highest BCUT2D eigenvalue weighted by Gasteiger charge is 2.31. The maximum Gasteiger partial charge on any atom is 0.573 e. The number of hydrogen-bond donors (Lipinski definition) is 3. The number of carbonyl (C=O) groups is 2. The third kappa shape index (κ3) is 7.69. The summed E-state index contributed by atoms with van der Waals surface area (Å²) in [4.78, 5) is 28.2. The number of nitrogens with one attached hydrogen (secondary N) is 2. The monoisotopic (exact) mass is 577 g/mol.